The van der Waals surface area contributed by atoms with Crippen LogP contribution in [0.25, 0.3) is 0 Å². The molecule has 0 spiro atoms. The van der Waals surface area contributed by atoms with Gasteiger partial charge in [-0.25, -0.2) is 0 Å². The van der Waals surface area contributed by atoms with Crippen LogP contribution >= 0.6 is 7.37 Å². The molecule has 0 radical (unpaired) electrons. The average molecular weight is 383 g/mol. The second kappa shape index (κ2) is 12.0. The number of hydrogen-bond acceptors (Lipinski definition) is 4. The van der Waals surface area contributed by atoms with Crippen molar-refractivity contribution in [3.8, 4) is 0 Å². The van der Waals surface area contributed by atoms with Gasteiger partial charge in [0.05, 0.1) is 12.6 Å². The molecule has 1 N–H and O–H groups in total. The monoisotopic (exact) mass is 383 g/mol. The van der Waals surface area contributed by atoms with Gasteiger partial charge in [-0.3, -0.25) is 14.2 Å². The van der Waals surface area contributed by atoms with Crippen LogP contribution in [0.2, 0.25) is 0 Å². The molecule has 5 nitrogen and oxygen atoms in total. The van der Waals surface area contributed by atoms with Crippen molar-refractivity contribution in [1.82, 2.24) is 5.32 Å². The third-order valence-electron chi connectivity index (χ3n) is 3.60. The van der Waals surface area contributed by atoms with E-state index in [-0.39, 0.29) is 36.2 Å². The first-order valence-corrected chi connectivity index (χ1v) is 11.5. The molecule has 26 heavy (non-hydrogen) atoms. The first kappa shape index (κ1) is 24.6. The molecule has 0 unspecified atom stereocenters. The molecule has 1 amide bonds. The highest BCUT2D eigenvalue weighted by Gasteiger charge is 2.18. The van der Waals surface area contributed by atoms with Gasteiger partial charge in [-0.1, -0.05) is 58.0 Å². The van der Waals surface area contributed by atoms with Crippen LogP contribution in [0.3, 0.4) is 0 Å². The number of nitrogens with one attached hydrogen (secondary N) is 1. The standard InChI is InChI=1S/C15H24NO3P.C5H10O/c1-12(2)15(17)16-14(11-19-20(3,4)18)10-13-8-6-5-7-9-13;1-4(2)5(3)6/h5-9,12,14H,10-11H2,1-4H3,(H,16,17);4H,1-3H3/t14-;/m0./s1. The van der Waals surface area contributed by atoms with Gasteiger partial charge in [0, 0.05) is 25.2 Å². The van der Waals surface area contributed by atoms with Crippen LogP contribution in [-0.2, 0) is 25.1 Å². The SMILES string of the molecule is CC(=O)C(C)C.CC(C)C(=O)N[C@H](COP(C)(C)=O)Cc1ccccc1. The van der Waals surface area contributed by atoms with Gasteiger partial charge in [-0.2, -0.15) is 0 Å². The van der Waals surface area contributed by atoms with Crippen molar-refractivity contribution in [2.75, 3.05) is 19.9 Å². The number of Topliss-reactive ketones (excluding diaryl/α,β-unsaturated/α-hetero) is 1. The number of hydrogen-bond donors (Lipinski definition) is 1. The highest BCUT2D eigenvalue weighted by atomic mass is 31.2. The molecule has 1 rings (SSSR count). The maximum Gasteiger partial charge on any atom is 0.222 e. The number of rotatable bonds is 8. The summed E-state index contributed by atoms with van der Waals surface area (Å²) in [5.74, 6) is 0.375. The summed E-state index contributed by atoms with van der Waals surface area (Å²) in [6.07, 6.45) is 0.666. The fourth-order valence-electron chi connectivity index (χ4n) is 1.69. The molecule has 0 bridgehead atoms. The topological polar surface area (TPSA) is 72.5 Å². The van der Waals surface area contributed by atoms with E-state index in [1.54, 1.807) is 20.3 Å². The summed E-state index contributed by atoms with van der Waals surface area (Å²) >= 11 is 0. The predicted octanol–water partition coefficient (Wildman–Crippen LogP) is 4.16. The van der Waals surface area contributed by atoms with E-state index >= 15 is 0 Å². The quantitative estimate of drug-likeness (QED) is 0.684. The molecule has 0 heterocycles. The lowest BCUT2D eigenvalue weighted by Crippen LogP contribution is -2.41. The third-order valence-corrected chi connectivity index (χ3v) is 4.37. The van der Waals surface area contributed by atoms with Gasteiger partial charge >= 0.3 is 0 Å². The molecule has 0 saturated carbocycles. The lowest BCUT2D eigenvalue weighted by Gasteiger charge is -2.21. The molecular weight excluding hydrogens is 349 g/mol. The smallest absolute Gasteiger partial charge is 0.222 e. The van der Waals surface area contributed by atoms with E-state index in [4.69, 9.17) is 4.52 Å². The Morgan fingerprint density at radius 3 is 1.92 bits per heavy atom. The van der Waals surface area contributed by atoms with Gasteiger partial charge in [0.2, 0.25) is 5.91 Å². The van der Waals surface area contributed by atoms with E-state index in [9.17, 15) is 14.2 Å². The van der Waals surface area contributed by atoms with Gasteiger partial charge in [0.25, 0.3) is 0 Å². The molecule has 6 heteroatoms. The van der Waals surface area contributed by atoms with Crippen molar-refractivity contribution in [3.05, 3.63) is 35.9 Å². The van der Waals surface area contributed by atoms with E-state index in [2.05, 4.69) is 5.32 Å². The summed E-state index contributed by atoms with van der Waals surface area (Å²) in [5.41, 5.74) is 1.12. The van der Waals surface area contributed by atoms with Crippen molar-refractivity contribution in [2.24, 2.45) is 11.8 Å². The Morgan fingerprint density at radius 2 is 1.54 bits per heavy atom. The zero-order chi connectivity index (χ0) is 20.3. The summed E-state index contributed by atoms with van der Waals surface area (Å²) in [6.45, 7) is 12.5. The minimum Gasteiger partial charge on any atom is -0.350 e. The normalized spacial score (nSPS) is 12.3. The van der Waals surface area contributed by atoms with Crippen LogP contribution in [0.4, 0.5) is 0 Å². The molecule has 0 fully saturated rings. The second-order valence-electron chi connectivity index (χ2n) is 7.36. The molecule has 0 aliphatic heterocycles. The van der Waals surface area contributed by atoms with Crippen LogP contribution in [-0.4, -0.2) is 37.7 Å². The van der Waals surface area contributed by atoms with Gasteiger partial charge in [-0.15, -0.1) is 0 Å². The van der Waals surface area contributed by atoms with Crippen LogP contribution in [0, 0.1) is 11.8 Å². The number of carbonyl (C=O) groups is 2. The molecule has 148 valence electrons. The van der Waals surface area contributed by atoms with Crippen molar-refractivity contribution < 1.29 is 18.7 Å². The summed E-state index contributed by atoms with van der Waals surface area (Å²) < 4.78 is 17.0. The molecule has 1 atom stereocenters. The van der Waals surface area contributed by atoms with E-state index in [1.807, 2.05) is 58.0 Å². The van der Waals surface area contributed by atoms with Crippen molar-refractivity contribution >= 4 is 19.1 Å². The number of ketones is 1. The highest BCUT2D eigenvalue weighted by molar-refractivity contribution is 7.57. The lowest BCUT2D eigenvalue weighted by molar-refractivity contribution is -0.125. The zero-order valence-corrected chi connectivity index (χ0v) is 18.0. The molecule has 1 aromatic rings. The van der Waals surface area contributed by atoms with Crippen LogP contribution in [0.5, 0.6) is 0 Å². The fourth-order valence-corrected chi connectivity index (χ4v) is 2.23. The lowest BCUT2D eigenvalue weighted by atomic mass is 10.1. The first-order chi connectivity index (χ1) is 11.9. The number of amides is 1. The van der Waals surface area contributed by atoms with Crippen molar-refractivity contribution in [1.29, 1.82) is 0 Å². The summed E-state index contributed by atoms with van der Waals surface area (Å²) in [7, 11) is -2.54. The van der Waals surface area contributed by atoms with E-state index in [0.29, 0.717) is 6.42 Å². The summed E-state index contributed by atoms with van der Waals surface area (Å²) in [6, 6.07) is 9.72. The van der Waals surface area contributed by atoms with Gasteiger partial charge in [0.1, 0.15) is 5.78 Å². The summed E-state index contributed by atoms with van der Waals surface area (Å²) in [4.78, 5) is 22.0. The van der Waals surface area contributed by atoms with Crippen LogP contribution in [0.15, 0.2) is 30.3 Å². The Morgan fingerprint density at radius 1 is 1.04 bits per heavy atom. The number of benzene rings is 1. The maximum absolute atomic E-state index is 11.8. The Balaban J connectivity index is 0.000000896. The highest BCUT2D eigenvalue weighted by Crippen LogP contribution is 2.37. The maximum atomic E-state index is 11.8. The van der Waals surface area contributed by atoms with Gasteiger partial charge < -0.3 is 9.84 Å². The summed E-state index contributed by atoms with van der Waals surface area (Å²) in [5, 5.41) is 2.95. The molecule has 0 aliphatic rings. The third kappa shape index (κ3) is 12.8. The average Bonchev–Trinajstić information content (AvgIpc) is 2.53. The minimum atomic E-state index is -2.54. The van der Waals surface area contributed by atoms with E-state index in [1.165, 1.54) is 0 Å². The Kier molecular flexibility index (Phi) is 11.4. The Labute approximate surface area is 158 Å². The zero-order valence-electron chi connectivity index (χ0n) is 17.1. The van der Waals surface area contributed by atoms with Crippen LogP contribution < -0.4 is 5.32 Å². The van der Waals surface area contributed by atoms with E-state index < -0.39 is 7.37 Å². The minimum absolute atomic E-state index is 0.0171. The van der Waals surface area contributed by atoms with Crippen molar-refractivity contribution in [3.63, 3.8) is 0 Å². The first-order valence-electron chi connectivity index (χ1n) is 8.96. The van der Waals surface area contributed by atoms with Gasteiger partial charge in [-0.05, 0) is 18.9 Å². The molecule has 0 aromatic heterocycles. The van der Waals surface area contributed by atoms with E-state index in [0.717, 1.165) is 5.56 Å². The molecule has 0 saturated heterocycles. The number of carbonyl (C=O) groups excluding carboxylic acids is 2. The van der Waals surface area contributed by atoms with Gasteiger partial charge in [0.15, 0.2) is 7.37 Å². The Hall–Kier alpha value is -1.45. The van der Waals surface area contributed by atoms with Crippen molar-refractivity contribution in [2.45, 2.75) is 47.1 Å². The largest absolute Gasteiger partial charge is 0.350 e. The Bertz CT molecular complexity index is 593. The fraction of sp³-hybridized carbons (Fsp3) is 0.600. The molecule has 0 aliphatic carbocycles. The molecular formula is C20H34NO4P. The predicted molar refractivity (Wildman–Crippen MR) is 108 cm³/mol. The second-order valence-corrected chi connectivity index (χ2v) is 10.1. The molecule has 1 aromatic carbocycles. The van der Waals surface area contributed by atoms with Crippen LogP contribution in [0.1, 0.15) is 40.2 Å².